The van der Waals surface area contributed by atoms with Crippen LogP contribution in [0.4, 0.5) is 0 Å². The highest BCUT2D eigenvalue weighted by Gasteiger charge is 2.19. The first-order chi connectivity index (χ1) is 40.5. The van der Waals surface area contributed by atoms with Crippen LogP contribution in [0.2, 0.25) is 0 Å². The van der Waals surface area contributed by atoms with Gasteiger partial charge >= 0.3 is 17.9 Å². The third-order valence-corrected chi connectivity index (χ3v) is 14.7. The number of rotatable bonds is 62. The molecule has 0 aliphatic heterocycles. The average molecular weight is 1140 g/mol. The number of hydrogen-bond donors (Lipinski definition) is 0. The molecule has 82 heavy (non-hydrogen) atoms. The first-order valence-electron chi connectivity index (χ1n) is 34.5. The molecule has 0 N–H and O–H groups in total. The third-order valence-electron chi connectivity index (χ3n) is 14.7. The number of esters is 3. The van der Waals surface area contributed by atoms with Crippen molar-refractivity contribution < 1.29 is 28.6 Å². The predicted molar refractivity (Wildman–Crippen MR) is 357 cm³/mol. The van der Waals surface area contributed by atoms with Crippen molar-refractivity contribution in [2.75, 3.05) is 13.2 Å². The molecule has 0 saturated carbocycles. The topological polar surface area (TPSA) is 78.9 Å². The first-order valence-corrected chi connectivity index (χ1v) is 34.5. The number of unbranched alkanes of at least 4 members (excludes halogenated alkanes) is 31. The molecule has 1 unspecified atom stereocenters. The lowest BCUT2D eigenvalue weighted by atomic mass is 10.0. The van der Waals surface area contributed by atoms with Gasteiger partial charge in [0, 0.05) is 19.3 Å². The summed E-state index contributed by atoms with van der Waals surface area (Å²) in [7, 11) is 0. The van der Waals surface area contributed by atoms with Crippen molar-refractivity contribution in [1.29, 1.82) is 0 Å². The number of allylic oxidation sites excluding steroid dienone is 20. The molecule has 1 atom stereocenters. The van der Waals surface area contributed by atoms with Crippen molar-refractivity contribution in [2.45, 2.75) is 329 Å². The highest BCUT2D eigenvalue weighted by atomic mass is 16.6. The van der Waals surface area contributed by atoms with Gasteiger partial charge in [-0.3, -0.25) is 14.4 Å². The van der Waals surface area contributed by atoms with E-state index < -0.39 is 6.10 Å². The Balaban J connectivity index is 4.11. The molecule has 0 aromatic rings. The standard InChI is InChI=1S/C76H128O6/c1-4-7-10-13-16-19-22-24-26-28-30-31-32-33-34-35-36-37-38-39-40-41-42-43-44-45-47-48-50-52-54-57-60-63-66-69-75(78)81-72-73(71-80-74(77)68-65-62-59-56-21-18-15-12-9-6-3)82-76(79)70-67-64-61-58-55-53-51-49-46-29-27-25-23-20-17-14-11-8-5-2/h7-8,10-12,15-17,19-20,24-27,30-31,33-34,46,49,73H,4-6,9,13-14,18,21-23,28-29,32,35-45,47-48,50-72H2,1-3H3/b10-7-,11-8-,15-12-,19-16-,20-17-,26-24-,27-25-,31-30-,34-33-,49-46-. The Labute approximate surface area is 507 Å². The van der Waals surface area contributed by atoms with Gasteiger partial charge in [0.05, 0.1) is 0 Å². The van der Waals surface area contributed by atoms with Gasteiger partial charge in [0.15, 0.2) is 6.10 Å². The van der Waals surface area contributed by atoms with Crippen molar-refractivity contribution in [3.63, 3.8) is 0 Å². The van der Waals surface area contributed by atoms with Gasteiger partial charge in [-0.1, -0.05) is 303 Å². The van der Waals surface area contributed by atoms with Gasteiger partial charge in [0.2, 0.25) is 0 Å². The van der Waals surface area contributed by atoms with Gasteiger partial charge in [-0.25, -0.2) is 0 Å². The maximum absolute atomic E-state index is 12.9. The largest absolute Gasteiger partial charge is 0.462 e. The summed E-state index contributed by atoms with van der Waals surface area (Å²) < 4.78 is 16.9. The molecule has 6 nitrogen and oxygen atoms in total. The van der Waals surface area contributed by atoms with E-state index >= 15 is 0 Å². The van der Waals surface area contributed by atoms with E-state index in [2.05, 4.69) is 142 Å². The van der Waals surface area contributed by atoms with Crippen LogP contribution in [0.25, 0.3) is 0 Å². The van der Waals surface area contributed by atoms with Gasteiger partial charge in [-0.05, 0) is 122 Å². The van der Waals surface area contributed by atoms with E-state index in [0.717, 1.165) is 148 Å². The summed E-state index contributed by atoms with van der Waals surface area (Å²) in [6, 6.07) is 0. The fourth-order valence-electron chi connectivity index (χ4n) is 9.58. The molecule has 0 fully saturated rings. The van der Waals surface area contributed by atoms with E-state index in [0.29, 0.717) is 19.3 Å². The van der Waals surface area contributed by atoms with E-state index in [1.807, 2.05) is 0 Å². The smallest absolute Gasteiger partial charge is 0.306 e. The van der Waals surface area contributed by atoms with Gasteiger partial charge < -0.3 is 14.2 Å². The van der Waals surface area contributed by atoms with Crippen LogP contribution in [-0.2, 0) is 28.6 Å². The maximum Gasteiger partial charge on any atom is 0.306 e. The summed E-state index contributed by atoms with van der Waals surface area (Å²) in [5.41, 5.74) is 0. The summed E-state index contributed by atoms with van der Waals surface area (Å²) in [6.07, 6.45) is 96.7. The molecule has 468 valence electrons. The number of hydrogen-bond acceptors (Lipinski definition) is 6. The predicted octanol–water partition coefficient (Wildman–Crippen LogP) is 23.9. The monoisotopic (exact) mass is 1140 g/mol. The molecule has 6 heteroatoms. The zero-order valence-corrected chi connectivity index (χ0v) is 53.7. The Morgan fingerprint density at radius 1 is 0.256 bits per heavy atom. The Bertz CT molecular complexity index is 1690. The van der Waals surface area contributed by atoms with E-state index in [9.17, 15) is 14.4 Å². The van der Waals surface area contributed by atoms with Crippen LogP contribution in [0.1, 0.15) is 323 Å². The maximum atomic E-state index is 12.9. The molecule has 0 rings (SSSR count). The molecule has 0 amide bonds. The highest BCUT2D eigenvalue weighted by Crippen LogP contribution is 2.17. The van der Waals surface area contributed by atoms with Crippen LogP contribution in [0.3, 0.4) is 0 Å². The fraction of sp³-hybridized carbons (Fsp3) is 0.697. The van der Waals surface area contributed by atoms with Crippen molar-refractivity contribution in [3.8, 4) is 0 Å². The van der Waals surface area contributed by atoms with Crippen molar-refractivity contribution in [2.24, 2.45) is 0 Å². The lowest BCUT2D eigenvalue weighted by Gasteiger charge is -2.18. The Morgan fingerprint density at radius 2 is 0.476 bits per heavy atom. The molecule has 0 bridgehead atoms. The van der Waals surface area contributed by atoms with Crippen molar-refractivity contribution >= 4 is 17.9 Å². The van der Waals surface area contributed by atoms with Crippen LogP contribution in [-0.4, -0.2) is 37.2 Å². The second-order valence-electron chi connectivity index (χ2n) is 22.7. The summed E-state index contributed by atoms with van der Waals surface area (Å²) in [6.45, 7) is 6.35. The minimum atomic E-state index is -0.790. The molecule has 0 saturated heterocycles. The molecule has 0 aromatic carbocycles. The Hall–Kier alpha value is -4.19. The van der Waals surface area contributed by atoms with Crippen LogP contribution >= 0.6 is 0 Å². The summed E-state index contributed by atoms with van der Waals surface area (Å²) in [5.74, 6) is -0.901. The SMILES string of the molecule is CC/C=C\C/C=C\C/C=C\C/C=C\C/C=C\CCCCCCCCCCCCCCCCCCCCCC(=O)OCC(COC(=O)CCCCCCC/C=C\CCC)OC(=O)CCCCCCCC/C=C\C/C=C\C/C=C\C/C=C\CC. The van der Waals surface area contributed by atoms with Crippen LogP contribution in [0.15, 0.2) is 122 Å². The van der Waals surface area contributed by atoms with Crippen molar-refractivity contribution in [3.05, 3.63) is 122 Å². The van der Waals surface area contributed by atoms with Crippen LogP contribution < -0.4 is 0 Å². The molecule has 0 aliphatic carbocycles. The molecule has 0 spiro atoms. The summed E-state index contributed by atoms with van der Waals surface area (Å²) in [4.78, 5) is 38.3. The van der Waals surface area contributed by atoms with Gasteiger partial charge in [-0.15, -0.1) is 0 Å². The normalized spacial score (nSPS) is 12.9. The zero-order valence-electron chi connectivity index (χ0n) is 53.7. The summed E-state index contributed by atoms with van der Waals surface area (Å²) in [5, 5.41) is 0. The summed E-state index contributed by atoms with van der Waals surface area (Å²) >= 11 is 0. The molecule has 0 heterocycles. The Kier molecular flexibility index (Phi) is 65.8. The van der Waals surface area contributed by atoms with E-state index in [4.69, 9.17) is 14.2 Å². The van der Waals surface area contributed by atoms with E-state index in [1.54, 1.807) is 0 Å². The minimum absolute atomic E-state index is 0.0852. The van der Waals surface area contributed by atoms with Crippen LogP contribution in [0, 0.1) is 0 Å². The minimum Gasteiger partial charge on any atom is -0.462 e. The lowest BCUT2D eigenvalue weighted by molar-refractivity contribution is -0.167. The number of carbonyl (C=O) groups excluding carboxylic acids is 3. The zero-order chi connectivity index (χ0) is 59.2. The average Bonchev–Trinajstić information content (AvgIpc) is 3.48. The van der Waals surface area contributed by atoms with E-state index in [1.165, 1.54) is 135 Å². The number of ether oxygens (including phenoxy) is 3. The van der Waals surface area contributed by atoms with Gasteiger partial charge in [-0.2, -0.15) is 0 Å². The van der Waals surface area contributed by atoms with Crippen molar-refractivity contribution in [1.82, 2.24) is 0 Å². The van der Waals surface area contributed by atoms with E-state index in [-0.39, 0.29) is 31.1 Å². The lowest BCUT2D eigenvalue weighted by Crippen LogP contribution is -2.30. The van der Waals surface area contributed by atoms with Crippen LogP contribution in [0.5, 0.6) is 0 Å². The second-order valence-corrected chi connectivity index (χ2v) is 22.7. The quantitative estimate of drug-likeness (QED) is 0.0261. The second kappa shape index (κ2) is 69.3. The molecule has 0 radical (unpaired) electrons. The number of carbonyl (C=O) groups is 3. The molecule has 0 aromatic heterocycles. The molecular weight excluding hydrogens is 1010 g/mol. The van der Waals surface area contributed by atoms with Gasteiger partial charge in [0.1, 0.15) is 13.2 Å². The molecule has 0 aliphatic rings. The van der Waals surface area contributed by atoms with Gasteiger partial charge in [0.25, 0.3) is 0 Å². The Morgan fingerprint density at radius 3 is 0.756 bits per heavy atom. The first kappa shape index (κ1) is 77.8. The third kappa shape index (κ3) is 66.6. The molecular formula is C76H128O6. The highest BCUT2D eigenvalue weighted by molar-refractivity contribution is 5.71. The fourth-order valence-corrected chi connectivity index (χ4v) is 9.58.